The van der Waals surface area contributed by atoms with Crippen LogP contribution >= 0.6 is 11.8 Å². The molecule has 1 heterocycles. The lowest BCUT2D eigenvalue weighted by Crippen LogP contribution is -2.38. The number of imide groups is 1. The van der Waals surface area contributed by atoms with Crippen LogP contribution in [0.5, 0.6) is 0 Å². The van der Waals surface area contributed by atoms with Gasteiger partial charge in [0.1, 0.15) is 6.54 Å². The maximum absolute atomic E-state index is 11.2. The fourth-order valence-corrected chi connectivity index (χ4v) is 1.42. The average Bonchev–Trinajstić information content (AvgIpc) is 2.30. The van der Waals surface area contributed by atoms with E-state index in [0.29, 0.717) is 6.54 Å². The molecule has 0 spiro atoms. The van der Waals surface area contributed by atoms with Crippen LogP contribution in [0, 0.1) is 0 Å². The Kier molecular flexibility index (Phi) is 2.85. The van der Waals surface area contributed by atoms with Gasteiger partial charge in [-0.15, -0.1) is 0 Å². The van der Waals surface area contributed by atoms with Crippen LogP contribution in [0.3, 0.4) is 0 Å². The Hall–Kier alpha value is -0.710. The van der Waals surface area contributed by atoms with Crippen LogP contribution in [0.15, 0.2) is 0 Å². The van der Waals surface area contributed by atoms with Crippen LogP contribution in [-0.2, 0) is 4.79 Å². The molecule has 3 amide bonds. The topological polar surface area (TPSA) is 49.4 Å². The molecule has 0 aromatic heterocycles. The predicted molar refractivity (Wildman–Crippen MR) is 52.7 cm³/mol. The monoisotopic (exact) mass is 202 g/mol. The Labute approximate surface area is 82.0 Å². The number of nitrogens with one attached hydrogen (secondary N) is 1. The van der Waals surface area contributed by atoms with E-state index in [0.717, 1.165) is 0 Å². The fourth-order valence-electron chi connectivity index (χ4n) is 1.13. The number of urea groups is 1. The van der Waals surface area contributed by atoms with E-state index >= 15 is 0 Å². The van der Waals surface area contributed by atoms with E-state index in [1.807, 2.05) is 20.1 Å². The van der Waals surface area contributed by atoms with Gasteiger partial charge in [-0.3, -0.25) is 10.1 Å². The zero-order valence-electron chi connectivity index (χ0n) is 8.09. The second-order valence-corrected chi connectivity index (χ2v) is 5.19. The van der Waals surface area contributed by atoms with E-state index in [9.17, 15) is 9.59 Å². The van der Waals surface area contributed by atoms with Gasteiger partial charge in [0, 0.05) is 11.3 Å². The lowest BCUT2D eigenvalue weighted by atomic mass is 10.2. The summed E-state index contributed by atoms with van der Waals surface area (Å²) in [6.45, 7) is 4.90. The summed E-state index contributed by atoms with van der Waals surface area (Å²) >= 11 is 1.68. The highest BCUT2D eigenvalue weighted by molar-refractivity contribution is 7.99. The highest BCUT2D eigenvalue weighted by Gasteiger charge is 2.31. The molecule has 0 bridgehead atoms. The summed E-state index contributed by atoms with van der Waals surface area (Å²) in [4.78, 5) is 23.6. The molecular formula is C8H14N2O2S. The molecule has 1 saturated heterocycles. The molecular weight excluding hydrogens is 188 g/mol. The third kappa shape index (κ3) is 2.62. The van der Waals surface area contributed by atoms with Crippen molar-refractivity contribution in [3.8, 4) is 0 Å². The SMILES string of the molecule is CSC(C)(C)CN1CC(=O)NC1=O. The van der Waals surface area contributed by atoms with Crippen LogP contribution in [0.1, 0.15) is 13.8 Å². The fraction of sp³-hybridized carbons (Fsp3) is 0.750. The Bertz CT molecular complexity index is 240. The lowest BCUT2D eigenvalue weighted by Gasteiger charge is -2.26. The molecule has 74 valence electrons. The summed E-state index contributed by atoms with van der Waals surface area (Å²) in [7, 11) is 0. The van der Waals surface area contributed by atoms with Gasteiger partial charge in [0.05, 0.1) is 0 Å². The largest absolute Gasteiger partial charge is 0.324 e. The molecule has 0 atom stereocenters. The summed E-state index contributed by atoms with van der Waals surface area (Å²) in [6, 6.07) is -0.271. The molecule has 5 heteroatoms. The van der Waals surface area contributed by atoms with Gasteiger partial charge < -0.3 is 4.90 Å². The molecule has 0 aliphatic carbocycles. The molecule has 1 N–H and O–H groups in total. The normalized spacial score (nSPS) is 17.9. The first-order chi connectivity index (χ1) is 5.94. The molecule has 0 aromatic rings. The highest BCUT2D eigenvalue weighted by atomic mass is 32.2. The van der Waals surface area contributed by atoms with Gasteiger partial charge in [0.25, 0.3) is 0 Å². The van der Waals surface area contributed by atoms with Crippen molar-refractivity contribution < 1.29 is 9.59 Å². The Morgan fingerprint density at radius 1 is 1.54 bits per heavy atom. The van der Waals surface area contributed by atoms with E-state index in [2.05, 4.69) is 5.32 Å². The molecule has 0 saturated carbocycles. The van der Waals surface area contributed by atoms with E-state index in [-0.39, 0.29) is 23.2 Å². The van der Waals surface area contributed by atoms with Gasteiger partial charge in [-0.1, -0.05) is 0 Å². The Morgan fingerprint density at radius 2 is 2.15 bits per heavy atom. The van der Waals surface area contributed by atoms with Crippen molar-refractivity contribution in [2.75, 3.05) is 19.3 Å². The van der Waals surface area contributed by atoms with Crippen molar-refractivity contribution in [2.45, 2.75) is 18.6 Å². The molecule has 1 rings (SSSR count). The van der Waals surface area contributed by atoms with Crippen LogP contribution in [0.4, 0.5) is 4.79 Å². The van der Waals surface area contributed by atoms with Crippen LogP contribution in [-0.4, -0.2) is 40.9 Å². The van der Waals surface area contributed by atoms with Gasteiger partial charge in [-0.05, 0) is 20.1 Å². The standard InChI is InChI=1S/C8H14N2O2S/c1-8(2,13-3)5-10-4-6(11)9-7(10)12/h4-5H2,1-3H3,(H,9,11,12). The summed E-state index contributed by atoms with van der Waals surface area (Å²) in [5.74, 6) is -0.207. The minimum atomic E-state index is -0.271. The molecule has 1 aliphatic heterocycles. The molecule has 0 radical (unpaired) electrons. The number of carbonyl (C=O) groups is 2. The average molecular weight is 202 g/mol. The summed E-state index contributed by atoms with van der Waals surface area (Å²) < 4.78 is 0.00194. The Balaban J connectivity index is 2.55. The van der Waals surface area contributed by atoms with Crippen molar-refractivity contribution >= 4 is 23.7 Å². The van der Waals surface area contributed by atoms with Crippen molar-refractivity contribution in [1.29, 1.82) is 0 Å². The predicted octanol–water partition coefficient (Wildman–Crippen LogP) is 0.680. The number of carbonyl (C=O) groups excluding carboxylic acids is 2. The van der Waals surface area contributed by atoms with Gasteiger partial charge in [-0.2, -0.15) is 11.8 Å². The quantitative estimate of drug-likeness (QED) is 0.685. The summed E-state index contributed by atoms with van der Waals surface area (Å²) in [5, 5.41) is 2.25. The molecule has 0 unspecified atom stereocenters. The third-order valence-corrected chi connectivity index (χ3v) is 3.23. The van der Waals surface area contributed by atoms with E-state index in [1.54, 1.807) is 16.7 Å². The second-order valence-electron chi connectivity index (χ2n) is 3.67. The van der Waals surface area contributed by atoms with E-state index in [1.165, 1.54) is 0 Å². The number of hydrogen-bond donors (Lipinski definition) is 1. The third-order valence-electron chi connectivity index (χ3n) is 1.99. The minimum absolute atomic E-state index is 0.00194. The van der Waals surface area contributed by atoms with Crippen LogP contribution < -0.4 is 5.32 Å². The zero-order valence-corrected chi connectivity index (χ0v) is 8.90. The number of thioether (sulfide) groups is 1. The number of amides is 3. The molecule has 0 aromatic carbocycles. The van der Waals surface area contributed by atoms with E-state index in [4.69, 9.17) is 0 Å². The van der Waals surface area contributed by atoms with Crippen LogP contribution in [0.25, 0.3) is 0 Å². The highest BCUT2D eigenvalue weighted by Crippen LogP contribution is 2.22. The molecule has 4 nitrogen and oxygen atoms in total. The second kappa shape index (κ2) is 3.57. The van der Waals surface area contributed by atoms with Gasteiger partial charge in [-0.25, -0.2) is 4.79 Å². The summed E-state index contributed by atoms with van der Waals surface area (Å²) in [6.07, 6.45) is 2.00. The first-order valence-electron chi connectivity index (χ1n) is 4.08. The van der Waals surface area contributed by atoms with Gasteiger partial charge in [0.15, 0.2) is 0 Å². The number of rotatable bonds is 3. The van der Waals surface area contributed by atoms with Crippen molar-refractivity contribution in [1.82, 2.24) is 10.2 Å². The first-order valence-corrected chi connectivity index (χ1v) is 5.31. The maximum Gasteiger partial charge on any atom is 0.324 e. The number of hydrogen-bond acceptors (Lipinski definition) is 3. The number of nitrogens with zero attached hydrogens (tertiary/aromatic N) is 1. The zero-order chi connectivity index (χ0) is 10.1. The molecule has 13 heavy (non-hydrogen) atoms. The van der Waals surface area contributed by atoms with Gasteiger partial charge in [0.2, 0.25) is 5.91 Å². The minimum Gasteiger partial charge on any atom is -0.314 e. The Morgan fingerprint density at radius 3 is 2.54 bits per heavy atom. The maximum atomic E-state index is 11.2. The van der Waals surface area contributed by atoms with Crippen LogP contribution in [0.2, 0.25) is 0 Å². The van der Waals surface area contributed by atoms with Gasteiger partial charge >= 0.3 is 6.03 Å². The first kappa shape index (κ1) is 10.4. The smallest absolute Gasteiger partial charge is 0.314 e. The van der Waals surface area contributed by atoms with Crippen molar-refractivity contribution in [3.63, 3.8) is 0 Å². The van der Waals surface area contributed by atoms with Crippen molar-refractivity contribution in [2.24, 2.45) is 0 Å². The van der Waals surface area contributed by atoms with E-state index < -0.39 is 0 Å². The lowest BCUT2D eigenvalue weighted by molar-refractivity contribution is -0.118. The summed E-state index contributed by atoms with van der Waals surface area (Å²) in [5.41, 5.74) is 0. The van der Waals surface area contributed by atoms with Crippen molar-refractivity contribution in [3.05, 3.63) is 0 Å². The molecule has 1 fully saturated rings. The molecule has 1 aliphatic rings.